The molecular weight excluding hydrogens is 164 g/mol. The molecule has 0 unspecified atom stereocenters. The fraction of sp³-hybridized carbons (Fsp3) is 1.00. The number of nitrogens with zero attached hydrogens (tertiary/aromatic N) is 1. The minimum atomic E-state index is 0.327. The molecule has 0 aromatic rings. The molecule has 3 nitrogen and oxygen atoms in total. The van der Waals surface area contributed by atoms with Gasteiger partial charge in [0.15, 0.2) is 0 Å². The molecule has 0 aliphatic carbocycles. The molecular formula is C10H22N2O. The van der Waals surface area contributed by atoms with E-state index in [0.29, 0.717) is 6.61 Å². The minimum Gasteiger partial charge on any atom is -0.396 e. The first-order valence-corrected chi connectivity index (χ1v) is 5.43. The molecule has 0 amide bonds. The molecule has 13 heavy (non-hydrogen) atoms. The average molecular weight is 186 g/mol. The Hall–Kier alpha value is -0.120. The van der Waals surface area contributed by atoms with E-state index in [0.717, 1.165) is 25.6 Å². The van der Waals surface area contributed by atoms with Crippen LogP contribution in [0.1, 0.15) is 26.2 Å². The molecule has 1 fully saturated rings. The molecule has 1 aliphatic heterocycles. The van der Waals surface area contributed by atoms with Gasteiger partial charge in [-0.25, -0.2) is 0 Å². The maximum absolute atomic E-state index is 8.69. The lowest BCUT2D eigenvalue weighted by atomic mass is 10.1. The first kappa shape index (κ1) is 11.0. The monoisotopic (exact) mass is 186 g/mol. The predicted octanol–water partition coefficient (Wildman–Crippen LogP) is 0.443. The maximum Gasteiger partial charge on any atom is 0.0443 e. The summed E-state index contributed by atoms with van der Waals surface area (Å²) in [5, 5.41) is 12.2. The Kier molecular flexibility index (Phi) is 5.35. The highest BCUT2D eigenvalue weighted by atomic mass is 16.3. The minimum absolute atomic E-state index is 0.327. The SMILES string of the molecule is CCNC1CCN(CCCO)CC1. The molecule has 3 heteroatoms. The summed E-state index contributed by atoms with van der Waals surface area (Å²) in [6.45, 7) is 7.03. The molecule has 1 rings (SSSR count). The van der Waals surface area contributed by atoms with E-state index in [1.54, 1.807) is 0 Å². The van der Waals surface area contributed by atoms with Gasteiger partial charge in [0.2, 0.25) is 0 Å². The largest absolute Gasteiger partial charge is 0.396 e. The Balaban J connectivity index is 2.08. The molecule has 2 N–H and O–H groups in total. The highest BCUT2D eigenvalue weighted by Crippen LogP contribution is 2.09. The predicted molar refractivity (Wildman–Crippen MR) is 54.8 cm³/mol. The number of aliphatic hydroxyl groups excluding tert-OH is 1. The summed E-state index contributed by atoms with van der Waals surface area (Å²) in [6.07, 6.45) is 3.45. The quantitative estimate of drug-likeness (QED) is 0.654. The number of rotatable bonds is 5. The fourth-order valence-corrected chi connectivity index (χ4v) is 1.94. The summed E-state index contributed by atoms with van der Waals surface area (Å²) in [6, 6.07) is 0.732. The van der Waals surface area contributed by atoms with Crippen LogP contribution in [0.3, 0.4) is 0 Å². The Labute approximate surface area is 81.1 Å². The van der Waals surface area contributed by atoms with Crippen LogP contribution >= 0.6 is 0 Å². The van der Waals surface area contributed by atoms with Crippen LogP contribution in [0.15, 0.2) is 0 Å². The van der Waals surface area contributed by atoms with Gasteiger partial charge in [0, 0.05) is 19.2 Å². The van der Waals surface area contributed by atoms with Crippen molar-refractivity contribution in [3.05, 3.63) is 0 Å². The van der Waals surface area contributed by atoms with Crippen LogP contribution in [-0.2, 0) is 0 Å². The number of aliphatic hydroxyl groups is 1. The van der Waals surface area contributed by atoms with Gasteiger partial charge in [0.05, 0.1) is 0 Å². The molecule has 0 radical (unpaired) electrons. The number of hydrogen-bond donors (Lipinski definition) is 2. The van der Waals surface area contributed by atoms with E-state index in [4.69, 9.17) is 5.11 Å². The molecule has 0 spiro atoms. The molecule has 1 aliphatic rings. The van der Waals surface area contributed by atoms with Crippen molar-refractivity contribution in [1.29, 1.82) is 0 Å². The van der Waals surface area contributed by atoms with E-state index < -0.39 is 0 Å². The summed E-state index contributed by atoms with van der Waals surface area (Å²) in [5.41, 5.74) is 0. The number of hydrogen-bond acceptors (Lipinski definition) is 3. The van der Waals surface area contributed by atoms with Gasteiger partial charge in [-0.15, -0.1) is 0 Å². The van der Waals surface area contributed by atoms with E-state index in [-0.39, 0.29) is 0 Å². The van der Waals surface area contributed by atoms with Crippen molar-refractivity contribution in [2.45, 2.75) is 32.2 Å². The van der Waals surface area contributed by atoms with Crippen LogP contribution < -0.4 is 5.32 Å². The van der Waals surface area contributed by atoms with Crippen molar-refractivity contribution in [3.8, 4) is 0 Å². The van der Waals surface area contributed by atoms with Gasteiger partial charge in [-0.1, -0.05) is 6.92 Å². The summed E-state index contributed by atoms with van der Waals surface area (Å²) in [5.74, 6) is 0. The zero-order valence-electron chi connectivity index (χ0n) is 8.63. The third kappa shape index (κ3) is 4.07. The highest BCUT2D eigenvalue weighted by Gasteiger charge is 2.17. The van der Waals surface area contributed by atoms with Gasteiger partial charge in [-0.3, -0.25) is 0 Å². The van der Waals surface area contributed by atoms with Gasteiger partial charge in [0.1, 0.15) is 0 Å². The Morgan fingerprint density at radius 2 is 2.08 bits per heavy atom. The molecule has 0 bridgehead atoms. The fourth-order valence-electron chi connectivity index (χ4n) is 1.94. The zero-order valence-corrected chi connectivity index (χ0v) is 8.63. The van der Waals surface area contributed by atoms with Crippen molar-refractivity contribution in [3.63, 3.8) is 0 Å². The first-order valence-electron chi connectivity index (χ1n) is 5.43. The van der Waals surface area contributed by atoms with E-state index in [1.807, 2.05) is 0 Å². The Morgan fingerprint density at radius 3 is 2.62 bits per heavy atom. The lowest BCUT2D eigenvalue weighted by molar-refractivity contribution is 0.178. The second-order valence-corrected chi connectivity index (χ2v) is 3.75. The number of nitrogens with one attached hydrogen (secondary N) is 1. The van der Waals surface area contributed by atoms with Crippen molar-refractivity contribution >= 4 is 0 Å². The number of piperidine rings is 1. The maximum atomic E-state index is 8.69. The van der Waals surface area contributed by atoms with Crippen LogP contribution in [0.25, 0.3) is 0 Å². The van der Waals surface area contributed by atoms with Gasteiger partial charge in [-0.05, 0) is 38.9 Å². The van der Waals surface area contributed by atoms with Crippen molar-refractivity contribution in [1.82, 2.24) is 10.2 Å². The molecule has 0 aromatic carbocycles. The second kappa shape index (κ2) is 6.35. The summed E-state index contributed by atoms with van der Waals surface area (Å²) >= 11 is 0. The third-order valence-corrected chi connectivity index (χ3v) is 2.71. The van der Waals surface area contributed by atoms with E-state index >= 15 is 0 Å². The van der Waals surface area contributed by atoms with Crippen molar-refractivity contribution in [2.24, 2.45) is 0 Å². The molecule has 1 heterocycles. The van der Waals surface area contributed by atoms with Crippen molar-refractivity contribution < 1.29 is 5.11 Å². The highest BCUT2D eigenvalue weighted by molar-refractivity contribution is 4.76. The second-order valence-electron chi connectivity index (χ2n) is 3.75. The lowest BCUT2D eigenvalue weighted by Crippen LogP contribution is -2.42. The van der Waals surface area contributed by atoms with Gasteiger partial charge >= 0.3 is 0 Å². The summed E-state index contributed by atoms with van der Waals surface area (Å²) in [4.78, 5) is 2.45. The normalized spacial score (nSPS) is 20.8. The van der Waals surface area contributed by atoms with E-state index in [1.165, 1.54) is 25.9 Å². The van der Waals surface area contributed by atoms with Gasteiger partial charge < -0.3 is 15.3 Å². The van der Waals surface area contributed by atoms with Crippen LogP contribution in [0.2, 0.25) is 0 Å². The molecule has 0 atom stereocenters. The standard InChI is InChI=1S/C10H22N2O/c1-2-11-10-4-7-12(8-5-10)6-3-9-13/h10-11,13H,2-9H2,1H3. The smallest absolute Gasteiger partial charge is 0.0443 e. The number of likely N-dealkylation sites (tertiary alicyclic amines) is 1. The van der Waals surface area contributed by atoms with E-state index in [2.05, 4.69) is 17.1 Å². The molecule has 1 saturated heterocycles. The molecule has 78 valence electrons. The summed E-state index contributed by atoms with van der Waals surface area (Å²) in [7, 11) is 0. The van der Waals surface area contributed by atoms with Crippen LogP contribution in [-0.4, -0.2) is 48.8 Å². The lowest BCUT2D eigenvalue weighted by Gasteiger charge is -2.32. The Morgan fingerprint density at radius 1 is 1.38 bits per heavy atom. The van der Waals surface area contributed by atoms with E-state index in [9.17, 15) is 0 Å². The van der Waals surface area contributed by atoms with Crippen LogP contribution in [0.5, 0.6) is 0 Å². The van der Waals surface area contributed by atoms with Crippen LogP contribution in [0, 0.1) is 0 Å². The molecule has 0 aromatic heterocycles. The Bertz CT molecular complexity index is 122. The first-order chi connectivity index (χ1) is 6.36. The summed E-state index contributed by atoms with van der Waals surface area (Å²) < 4.78 is 0. The van der Waals surface area contributed by atoms with Crippen molar-refractivity contribution in [2.75, 3.05) is 32.8 Å². The van der Waals surface area contributed by atoms with Gasteiger partial charge in [0.25, 0.3) is 0 Å². The molecule has 0 saturated carbocycles. The topological polar surface area (TPSA) is 35.5 Å². The van der Waals surface area contributed by atoms with Crippen LogP contribution in [0.4, 0.5) is 0 Å². The van der Waals surface area contributed by atoms with Gasteiger partial charge in [-0.2, -0.15) is 0 Å². The third-order valence-electron chi connectivity index (χ3n) is 2.71. The zero-order chi connectivity index (χ0) is 9.52. The average Bonchev–Trinajstić information content (AvgIpc) is 2.17.